The average molecular weight is 190 g/mol. The Labute approximate surface area is 86.4 Å². The lowest BCUT2D eigenvalue weighted by atomic mass is 9.88. The van der Waals surface area contributed by atoms with Gasteiger partial charge in [-0.05, 0) is 29.5 Å². The van der Waals surface area contributed by atoms with Crippen LogP contribution in [-0.4, -0.2) is 0 Å². The highest BCUT2D eigenvalue weighted by Gasteiger charge is 2.10. The van der Waals surface area contributed by atoms with E-state index in [2.05, 4.69) is 39.5 Å². The van der Waals surface area contributed by atoms with Gasteiger partial charge in [-0.25, -0.2) is 0 Å². The van der Waals surface area contributed by atoms with Gasteiger partial charge in [-0.3, -0.25) is 0 Å². The van der Waals surface area contributed by atoms with E-state index in [1.54, 1.807) is 0 Å². The Morgan fingerprint density at radius 2 is 1.79 bits per heavy atom. The summed E-state index contributed by atoms with van der Waals surface area (Å²) in [6.45, 7) is 10.2. The van der Waals surface area contributed by atoms with Crippen molar-refractivity contribution in [2.75, 3.05) is 0 Å². The lowest BCUT2D eigenvalue weighted by Gasteiger charge is -2.18. The Hall–Kier alpha value is -1.24. The van der Waals surface area contributed by atoms with Crippen LogP contribution in [0.1, 0.15) is 26.3 Å². The summed E-state index contributed by atoms with van der Waals surface area (Å²) in [6, 6.07) is 8.15. The van der Waals surface area contributed by atoms with E-state index in [1.165, 1.54) is 11.8 Å². The maximum absolute atomic E-state index is 5.15. The molecule has 0 spiro atoms. The van der Waals surface area contributed by atoms with Gasteiger partial charge in [0, 0.05) is 0 Å². The van der Waals surface area contributed by atoms with Gasteiger partial charge < -0.3 is 4.74 Å². The normalized spacial score (nSPS) is 11.1. The number of hydrogen-bond acceptors (Lipinski definition) is 1. The van der Waals surface area contributed by atoms with E-state index in [0.717, 1.165) is 12.2 Å². The first kappa shape index (κ1) is 10.8. The fourth-order valence-corrected chi connectivity index (χ4v) is 1.39. The second-order valence-electron chi connectivity index (χ2n) is 4.67. The average Bonchev–Trinajstić information content (AvgIpc) is 2.06. The second-order valence-corrected chi connectivity index (χ2v) is 4.67. The minimum atomic E-state index is 0.334. The molecule has 0 aliphatic heterocycles. The standard InChI is InChI=1S/C13H18O/c1-5-14-12-8-6-11(7-9-12)10-13(2,3)4/h5-9H,1,10H2,2-4H3. The third-order valence-corrected chi connectivity index (χ3v) is 1.88. The number of ether oxygens (including phenoxy) is 1. The molecular formula is C13H18O. The summed E-state index contributed by atoms with van der Waals surface area (Å²) >= 11 is 0. The third kappa shape index (κ3) is 3.65. The van der Waals surface area contributed by atoms with E-state index in [4.69, 9.17) is 4.74 Å². The zero-order valence-electron chi connectivity index (χ0n) is 9.21. The summed E-state index contributed by atoms with van der Waals surface area (Å²) in [5, 5.41) is 0. The van der Waals surface area contributed by atoms with E-state index < -0.39 is 0 Å². The monoisotopic (exact) mass is 190 g/mol. The Kier molecular flexibility index (Phi) is 3.34. The highest BCUT2D eigenvalue weighted by atomic mass is 16.5. The van der Waals surface area contributed by atoms with E-state index in [9.17, 15) is 0 Å². The Balaban J connectivity index is 2.68. The summed E-state index contributed by atoms with van der Waals surface area (Å²) in [7, 11) is 0. The van der Waals surface area contributed by atoms with Crippen molar-refractivity contribution in [1.29, 1.82) is 0 Å². The molecule has 0 heterocycles. The van der Waals surface area contributed by atoms with Gasteiger partial charge in [-0.1, -0.05) is 39.5 Å². The maximum Gasteiger partial charge on any atom is 0.126 e. The van der Waals surface area contributed by atoms with Gasteiger partial charge in [-0.15, -0.1) is 0 Å². The predicted octanol–water partition coefficient (Wildman–Crippen LogP) is 3.80. The Morgan fingerprint density at radius 3 is 2.21 bits per heavy atom. The highest BCUT2D eigenvalue weighted by Crippen LogP contribution is 2.22. The van der Waals surface area contributed by atoms with Gasteiger partial charge in [0.15, 0.2) is 0 Å². The van der Waals surface area contributed by atoms with Crippen molar-refractivity contribution in [2.45, 2.75) is 27.2 Å². The largest absolute Gasteiger partial charge is 0.466 e. The molecule has 0 unspecified atom stereocenters. The molecule has 0 atom stereocenters. The van der Waals surface area contributed by atoms with Crippen LogP contribution in [0, 0.1) is 5.41 Å². The van der Waals surface area contributed by atoms with E-state index >= 15 is 0 Å². The zero-order chi connectivity index (χ0) is 10.6. The first-order valence-electron chi connectivity index (χ1n) is 4.88. The van der Waals surface area contributed by atoms with Crippen molar-refractivity contribution >= 4 is 0 Å². The summed E-state index contributed by atoms with van der Waals surface area (Å²) < 4.78 is 5.15. The van der Waals surface area contributed by atoms with Crippen molar-refractivity contribution in [2.24, 2.45) is 5.41 Å². The minimum Gasteiger partial charge on any atom is -0.466 e. The van der Waals surface area contributed by atoms with Gasteiger partial charge in [0.2, 0.25) is 0 Å². The first-order chi connectivity index (χ1) is 6.51. The predicted molar refractivity (Wildman–Crippen MR) is 60.4 cm³/mol. The van der Waals surface area contributed by atoms with Gasteiger partial charge in [0.1, 0.15) is 5.75 Å². The maximum atomic E-state index is 5.15. The minimum absolute atomic E-state index is 0.334. The number of benzene rings is 1. The molecule has 0 aliphatic rings. The van der Waals surface area contributed by atoms with Crippen molar-refractivity contribution in [3.8, 4) is 5.75 Å². The van der Waals surface area contributed by atoms with Crippen LogP contribution in [-0.2, 0) is 6.42 Å². The van der Waals surface area contributed by atoms with Crippen molar-refractivity contribution in [1.82, 2.24) is 0 Å². The topological polar surface area (TPSA) is 9.23 Å². The van der Waals surface area contributed by atoms with Crippen LogP contribution >= 0.6 is 0 Å². The van der Waals surface area contributed by atoms with Crippen LogP contribution in [0.15, 0.2) is 37.1 Å². The van der Waals surface area contributed by atoms with Crippen LogP contribution in [0.4, 0.5) is 0 Å². The highest BCUT2D eigenvalue weighted by molar-refractivity contribution is 5.28. The molecule has 76 valence electrons. The molecule has 1 aromatic rings. The Bertz CT molecular complexity index is 290. The van der Waals surface area contributed by atoms with Gasteiger partial charge in [0.05, 0.1) is 6.26 Å². The molecule has 0 aliphatic carbocycles. The molecule has 0 bridgehead atoms. The molecule has 14 heavy (non-hydrogen) atoms. The number of rotatable bonds is 3. The second kappa shape index (κ2) is 4.32. The molecule has 0 fully saturated rings. The van der Waals surface area contributed by atoms with Crippen LogP contribution in [0.25, 0.3) is 0 Å². The fraction of sp³-hybridized carbons (Fsp3) is 0.385. The van der Waals surface area contributed by atoms with Gasteiger partial charge >= 0.3 is 0 Å². The molecule has 1 heteroatoms. The molecule has 0 saturated heterocycles. The van der Waals surface area contributed by atoms with Crippen LogP contribution in [0.2, 0.25) is 0 Å². The molecular weight excluding hydrogens is 172 g/mol. The summed E-state index contributed by atoms with van der Waals surface area (Å²) in [5.41, 5.74) is 1.68. The SMILES string of the molecule is C=COc1ccc(CC(C)(C)C)cc1. The first-order valence-corrected chi connectivity index (χ1v) is 4.88. The molecule has 0 N–H and O–H groups in total. The number of hydrogen-bond donors (Lipinski definition) is 0. The zero-order valence-corrected chi connectivity index (χ0v) is 9.21. The molecule has 1 rings (SSSR count). The molecule has 0 amide bonds. The van der Waals surface area contributed by atoms with E-state index in [0.29, 0.717) is 5.41 Å². The van der Waals surface area contributed by atoms with Crippen LogP contribution in [0.5, 0.6) is 5.75 Å². The molecule has 0 aromatic heterocycles. The molecule has 1 aromatic carbocycles. The van der Waals surface area contributed by atoms with E-state index in [-0.39, 0.29) is 0 Å². The summed E-state index contributed by atoms with van der Waals surface area (Å²) in [5.74, 6) is 0.845. The molecule has 1 nitrogen and oxygen atoms in total. The quantitative estimate of drug-likeness (QED) is 0.659. The fourth-order valence-electron chi connectivity index (χ4n) is 1.39. The van der Waals surface area contributed by atoms with Crippen LogP contribution in [0.3, 0.4) is 0 Å². The van der Waals surface area contributed by atoms with Crippen molar-refractivity contribution in [3.05, 3.63) is 42.7 Å². The van der Waals surface area contributed by atoms with Crippen molar-refractivity contribution < 1.29 is 4.74 Å². The van der Waals surface area contributed by atoms with Crippen LogP contribution < -0.4 is 4.74 Å². The Morgan fingerprint density at radius 1 is 1.21 bits per heavy atom. The molecule has 0 radical (unpaired) electrons. The van der Waals surface area contributed by atoms with E-state index in [1.807, 2.05) is 12.1 Å². The molecule has 0 saturated carbocycles. The third-order valence-electron chi connectivity index (χ3n) is 1.88. The smallest absolute Gasteiger partial charge is 0.126 e. The van der Waals surface area contributed by atoms with Gasteiger partial charge in [-0.2, -0.15) is 0 Å². The van der Waals surface area contributed by atoms with Crippen molar-refractivity contribution in [3.63, 3.8) is 0 Å². The lowest BCUT2D eigenvalue weighted by Crippen LogP contribution is -2.08. The lowest BCUT2D eigenvalue weighted by molar-refractivity contribution is 0.410. The van der Waals surface area contributed by atoms with Gasteiger partial charge in [0.25, 0.3) is 0 Å². The summed E-state index contributed by atoms with van der Waals surface area (Å²) in [6.07, 6.45) is 2.53. The summed E-state index contributed by atoms with van der Waals surface area (Å²) in [4.78, 5) is 0.